The average molecular weight is 535 g/mol. The molecule has 0 unspecified atom stereocenters. The van der Waals surface area contributed by atoms with Crippen LogP contribution in [0.25, 0.3) is 11.1 Å². The zero-order valence-corrected chi connectivity index (χ0v) is 21.4. The third-order valence-electron chi connectivity index (χ3n) is 5.15. The first-order chi connectivity index (χ1) is 17.0. The molecule has 3 N–H and O–H groups in total. The smallest absolute Gasteiger partial charge is 0.225 e. The summed E-state index contributed by atoms with van der Waals surface area (Å²) < 4.78 is 39.5. The fourth-order valence-corrected chi connectivity index (χ4v) is 3.60. The maximum absolute atomic E-state index is 14.6. The van der Waals surface area contributed by atoms with Crippen molar-refractivity contribution < 1.29 is 27.4 Å². The van der Waals surface area contributed by atoms with E-state index in [-0.39, 0.29) is 28.8 Å². The molecule has 0 aliphatic carbocycles. The Bertz CT molecular complexity index is 1280. The fourth-order valence-electron chi connectivity index (χ4n) is 3.08. The van der Waals surface area contributed by atoms with Crippen LogP contribution in [-0.4, -0.2) is 28.8 Å². The number of nitrogens with zero attached hydrogens (tertiary/aromatic N) is 1. The summed E-state index contributed by atoms with van der Waals surface area (Å²) in [7, 11) is 1.46. The second kappa shape index (κ2) is 11.9. The zero-order valence-electron chi connectivity index (χ0n) is 19.8. The molecule has 6 nitrogen and oxygen atoms in total. The van der Waals surface area contributed by atoms with Gasteiger partial charge in [-0.3, -0.25) is 4.18 Å². The van der Waals surface area contributed by atoms with E-state index >= 15 is 0 Å². The van der Waals surface area contributed by atoms with E-state index in [1.54, 1.807) is 36.4 Å². The lowest BCUT2D eigenvalue weighted by atomic mass is 10.0. The van der Waals surface area contributed by atoms with E-state index in [4.69, 9.17) is 20.0 Å². The minimum Gasteiger partial charge on any atom is -0.400 e. The first-order valence-electron chi connectivity index (χ1n) is 10.7. The lowest BCUT2D eigenvalue weighted by molar-refractivity contribution is 0.115. The van der Waals surface area contributed by atoms with Crippen molar-refractivity contribution in [2.24, 2.45) is 4.99 Å². The van der Waals surface area contributed by atoms with Crippen LogP contribution in [0.15, 0.2) is 71.9 Å². The van der Waals surface area contributed by atoms with E-state index in [1.807, 2.05) is 0 Å². The number of amidine groups is 1. The Morgan fingerprint density at radius 3 is 2.33 bits per heavy atom. The van der Waals surface area contributed by atoms with Crippen LogP contribution < -0.4 is 9.50 Å². The minimum atomic E-state index is -1.39. The van der Waals surface area contributed by atoms with Gasteiger partial charge in [0.2, 0.25) is 12.3 Å². The SMILES string of the molecule is C=C(NC(=Nc1ccc(-c2ccc(CO)c(OSOC)c2)cc1Cl)c1c(F)cccc1F)C(C)(C)O. The normalized spacial score (nSPS) is 11.9. The van der Waals surface area contributed by atoms with Gasteiger partial charge in [0.25, 0.3) is 0 Å². The Morgan fingerprint density at radius 1 is 1.11 bits per heavy atom. The van der Waals surface area contributed by atoms with Crippen LogP contribution in [-0.2, 0) is 10.8 Å². The summed E-state index contributed by atoms with van der Waals surface area (Å²) in [5, 5.41) is 22.7. The van der Waals surface area contributed by atoms with Gasteiger partial charge in [0, 0.05) is 11.3 Å². The van der Waals surface area contributed by atoms with E-state index in [0.29, 0.717) is 16.9 Å². The fraction of sp³-hybridized carbons (Fsp3) is 0.192. The van der Waals surface area contributed by atoms with Gasteiger partial charge in [-0.25, -0.2) is 13.8 Å². The number of hydrogen-bond acceptors (Lipinski definition) is 6. The first-order valence-corrected chi connectivity index (χ1v) is 11.7. The highest BCUT2D eigenvalue weighted by Gasteiger charge is 2.23. The predicted molar refractivity (Wildman–Crippen MR) is 139 cm³/mol. The Labute approximate surface area is 217 Å². The summed E-state index contributed by atoms with van der Waals surface area (Å²) >= 11 is 7.27. The number of nitrogens with one attached hydrogen (secondary N) is 1. The molecular weight excluding hydrogens is 510 g/mol. The Hall–Kier alpha value is -2.95. The van der Waals surface area contributed by atoms with Gasteiger partial charge < -0.3 is 19.7 Å². The molecule has 0 bridgehead atoms. The summed E-state index contributed by atoms with van der Waals surface area (Å²) in [6.45, 7) is 6.49. The molecule has 0 heterocycles. The molecule has 0 atom stereocenters. The lowest BCUT2D eigenvalue weighted by Crippen LogP contribution is -2.36. The van der Waals surface area contributed by atoms with Crippen molar-refractivity contribution in [3.8, 4) is 16.9 Å². The highest BCUT2D eigenvalue weighted by atomic mass is 35.5. The van der Waals surface area contributed by atoms with E-state index in [2.05, 4.69) is 16.9 Å². The van der Waals surface area contributed by atoms with E-state index in [9.17, 15) is 19.0 Å². The van der Waals surface area contributed by atoms with Crippen molar-refractivity contribution >= 4 is 35.4 Å². The van der Waals surface area contributed by atoms with E-state index in [1.165, 1.54) is 27.0 Å². The molecule has 0 aromatic heterocycles. The number of aliphatic hydroxyl groups is 2. The summed E-state index contributed by atoms with van der Waals surface area (Å²) in [5.74, 6) is -1.47. The Kier molecular flexibility index (Phi) is 9.10. The van der Waals surface area contributed by atoms with Crippen LogP contribution in [0.1, 0.15) is 25.0 Å². The van der Waals surface area contributed by atoms with Crippen molar-refractivity contribution in [1.82, 2.24) is 5.32 Å². The van der Waals surface area contributed by atoms with Gasteiger partial charge in [-0.05, 0) is 55.3 Å². The predicted octanol–water partition coefficient (Wildman–Crippen LogP) is 6.32. The van der Waals surface area contributed by atoms with Crippen LogP contribution in [0.4, 0.5) is 14.5 Å². The summed E-state index contributed by atoms with van der Waals surface area (Å²) in [5.41, 5.74) is 0.533. The molecule has 0 radical (unpaired) electrons. The number of hydrogen-bond donors (Lipinski definition) is 3. The number of halogens is 3. The molecule has 0 aliphatic heterocycles. The van der Waals surface area contributed by atoms with Crippen molar-refractivity contribution in [1.29, 1.82) is 0 Å². The van der Waals surface area contributed by atoms with Crippen molar-refractivity contribution in [2.45, 2.75) is 26.1 Å². The lowest BCUT2D eigenvalue weighted by Gasteiger charge is -2.23. The maximum atomic E-state index is 14.6. The summed E-state index contributed by atoms with van der Waals surface area (Å²) in [4.78, 5) is 4.37. The van der Waals surface area contributed by atoms with Gasteiger partial charge in [0.1, 0.15) is 23.2 Å². The van der Waals surface area contributed by atoms with Gasteiger partial charge >= 0.3 is 0 Å². The molecule has 10 heteroatoms. The molecule has 3 aromatic carbocycles. The van der Waals surface area contributed by atoms with Crippen LogP contribution in [0.3, 0.4) is 0 Å². The number of aliphatic hydroxyl groups excluding tert-OH is 1. The molecule has 190 valence electrons. The van der Waals surface area contributed by atoms with Gasteiger partial charge in [-0.1, -0.05) is 42.4 Å². The quantitative estimate of drug-likeness (QED) is 0.169. The van der Waals surface area contributed by atoms with Crippen molar-refractivity contribution in [3.05, 3.63) is 94.7 Å². The van der Waals surface area contributed by atoms with Crippen molar-refractivity contribution in [2.75, 3.05) is 7.11 Å². The molecule has 36 heavy (non-hydrogen) atoms. The molecule has 3 rings (SSSR count). The first kappa shape index (κ1) is 27.6. The third kappa shape index (κ3) is 6.63. The van der Waals surface area contributed by atoms with Gasteiger partial charge in [0.05, 0.1) is 35.6 Å². The monoisotopic (exact) mass is 534 g/mol. The Balaban J connectivity index is 2.04. The molecule has 0 fully saturated rings. The second-order valence-electron chi connectivity index (χ2n) is 8.18. The number of benzene rings is 3. The number of aliphatic imine (C=N–C) groups is 1. The van der Waals surface area contributed by atoms with Gasteiger partial charge in [0.15, 0.2) is 0 Å². The summed E-state index contributed by atoms with van der Waals surface area (Å²) in [6, 6.07) is 13.6. The van der Waals surface area contributed by atoms with Crippen LogP contribution >= 0.6 is 23.9 Å². The zero-order chi connectivity index (χ0) is 26.5. The van der Waals surface area contributed by atoms with Crippen molar-refractivity contribution in [3.63, 3.8) is 0 Å². The highest BCUT2D eigenvalue weighted by molar-refractivity contribution is 7.90. The molecule has 0 amide bonds. The molecule has 0 aliphatic rings. The minimum absolute atomic E-state index is 0.0853. The van der Waals surface area contributed by atoms with E-state index < -0.39 is 22.8 Å². The van der Waals surface area contributed by atoms with E-state index in [0.717, 1.165) is 30.0 Å². The molecule has 0 saturated heterocycles. The summed E-state index contributed by atoms with van der Waals surface area (Å²) in [6.07, 6.45) is 0. The van der Waals surface area contributed by atoms with Gasteiger partial charge in [-0.15, -0.1) is 0 Å². The standard InChI is InChI=1S/C26H25ClF2N2O4S/c1-15(26(2,3)33)30-25(24-20(28)6-5-7-21(24)29)31-22-11-10-16(12-19(22)27)17-8-9-18(14-32)23(13-17)35-36-34-4/h5-13,32-33H,1,14H2,2-4H3,(H,30,31). The maximum Gasteiger partial charge on any atom is 0.225 e. The second-order valence-corrected chi connectivity index (χ2v) is 9.23. The van der Waals surface area contributed by atoms with Crippen LogP contribution in [0.5, 0.6) is 5.75 Å². The Morgan fingerprint density at radius 2 is 1.75 bits per heavy atom. The number of rotatable bonds is 9. The highest BCUT2D eigenvalue weighted by Crippen LogP contribution is 2.34. The molecule has 3 aromatic rings. The van der Waals surface area contributed by atoms with Gasteiger partial charge in [-0.2, -0.15) is 0 Å². The largest absolute Gasteiger partial charge is 0.400 e. The van der Waals surface area contributed by atoms with Crippen LogP contribution in [0.2, 0.25) is 5.02 Å². The molecule has 0 spiro atoms. The molecular formula is C26H25ClF2N2O4S. The average Bonchev–Trinajstić information content (AvgIpc) is 2.82. The topological polar surface area (TPSA) is 83.3 Å². The van der Waals surface area contributed by atoms with Crippen LogP contribution in [0, 0.1) is 11.6 Å². The third-order valence-corrected chi connectivity index (χ3v) is 5.84. The molecule has 0 saturated carbocycles.